The number of halogens is 1. The van der Waals surface area contributed by atoms with Gasteiger partial charge in [-0.25, -0.2) is 14.8 Å². The van der Waals surface area contributed by atoms with Crippen LogP contribution in [0.5, 0.6) is 0 Å². The van der Waals surface area contributed by atoms with Crippen molar-refractivity contribution in [2.24, 2.45) is 0 Å². The third kappa shape index (κ3) is 4.83. The van der Waals surface area contributed by atoms with Crippen molar-refractivity contribution in [3.05, 3.63) is 82.6 Å². The number of hydrogen-bond donors (Lipinski definition) is 2. The maximum atomic E-state index is 12.4. The molecular formula is C20H17ClN4O3. The molecule has 0 spiro atoms. The van der Waals surface area contributed by atoms with E-state index in [1.54, 1.807) is 18.2 Å². The summed E-state index contributed by atoms with van der Waals surface area (Å²) in [6.07, 6.45) is 2.84. The Balaban J connectivity index is 1.62. The van der Waals surface area contributed by atoms with E-state index >= 15 is 0 Å². The molecule has 0 saturated heterocycles. The molecule has 142 valence electrons. The van der Waals surface area contributed by atoms with Crippen LogP contribution >= 0.6 is 11.6 Å². The lowest BCUT2D eigenvalue weighted by Crippen LogP contribution is -2.14. The second kappa shape index (κ2) is 8.96. The number of hydrogen-bond acceptors (Lipinski definition) is 6. The van der Waals surface area contributed by atoms with Gasteiger partial charge >= 0.3 is 5.97 Å². The van der Waals surface area contributed by atoms with Crippen LogP contribution in [0.1, 0.15) is 26.3 Å². The van der Waals surface area contributed by atoms with E-state index in [1.807, 2.05) is 24.3 Å². The van der Waals surface area contributed by atoms with Gasteiger partial charge in [0, 0.05) is 29.6 Å². The molecule has 0 atom stereocenters. The van der Waals surface area contributed by atoms with Crippen LogP contribution in [0, 0.1) is 0 Å². The highest BCUT2D eigenvalue weighted by molar-refractivity contribution is 6.31. The zero-order valence-corrected chi connectivity index (χ0v) is 15.7. The zero-order valence-electron chi connectivity index (χ0n) is 15.0. The molecule has 28 heavy (non-hydrogen) atoms. The van der Waals surface area contributed by atoms with Crippen LogP contribution in [0.4, 0.5) is 11.6 Å². The quantitative estimate of drug-likeness (QED) is 0.616. The maximum absolute atomic E-state index is 12.4. The van der Waals surface area contributed by atoms with Gasteiger partial charge < -0.3 is 15.4 Å². The zero-order chi connectivity index (χ0) is 19.9. The molecule has 0 aliphatic heterocycles. The SMILES string of the molecule is COC(=O)c1cccc(NC(=O)c2cnc(NCc3ccccc3Cl)nc2)c1. The molecule has 0 aliphatic rings. The van der Waals surface area contributed by atoms with Crippen molar-refractivity contribution in [2.75, 3.05) is 17.7 Å². The summed E-state index contributed by atoms with van der Waals surface area (Å²) in [6, 6.07) is 13.9. The first-order valence-electron chi connectivity index (χ1n) is 8.36. The molecule has 1 amide bonds. The molecule has 2 aromatic carbocycles. The number of anilines is 2. The van der Waals surface area contributed by atoms with Gasteiger partial charge in [-0.15, -0.1) is 0 Å². The minimum absolute atomic E-state index is 0.284. The van der Waals surface area contributed by atoms with Gasteiger partial charge in [0.25, 0.3) is 5.91 Å². The van der Waals surface area contributed by atoms with Gasteiger partial charge in [0.15, 0.2) is 0 Å². The van der Waals surface area contributed by atoms with E-state index in [-0.39, 0.29) is 11.5 Å². The summed E-state index contributed by atoms with van der Waals surface area (Å²) in [7, 11) is 1.30. The first kappa shape index (κ1) is 19.3. The van der Waals surface area contributed by atoms with Crippen LogP contribution in [0.2, 0.25) is 5.02 Å². The molecule has 0 unspecified atom stereocenters. The monoisotopic (exact) mass is 396 g/mol. The Morgan fingerprint density at radius 1 is 1.04 bits per heavy atom. The normalized spacial score (nSPS) is 10.2. The molecule has 0 aliphatic carbocycles. The second-order valence-corrected chi connectivity index (χ2v) is 6.17. The number of rotatable bonds is 6. The van der Waals surface area contributed by atoms with Crippen LogP contribution in [0.25, 0.3) is 0 Å². The largest absolute Gasteiger partial charge is 0.465 e. The van der Waals surface area contributed by atoms with Crippen LogP contribution in [0.3, 0.4) is 0 Å². The Bertz CT molecular complexity index is 993. The molecule has 7 nitrogen and oxygen atoms in total. The third-order valence-corrected chi connectivity index (χ3v) is 4.22. The molecule has 0 saturated carbocycles. The predicted octanol–water partition coefficient (Wildman–Crippen LogP) is 3.78. The highest BCUT2D eigenvalue weighted by atomic mass is 35.5. The van der Waals surface area contributed by atoms with Gasteiger partial charge in [-0.2, -0.15) is 0 Å². The lowest BCUT2D eigenvalue weighted by Gasteiger charge is -2.08. The Kier molecular flexibility index (Phi) is 6.18. The van der Waals surface area contributed by atoms with Gasteiger partial charge in [0.2, 0.25) is 5.95 Å². The van der Waals surface area contributed by atoms with Crippen LogP contribution in [-0.2, 0) is 11.3 Å². The highest BCUT2D eigenvalue weighted by Gasteiger charge is 2.10. The summed E-state index contributed by atoms with van der Waals surface area (Å²) >= 11 is 6.11. The van der Waals surface area contributed by atoms with E-state index < -0.39 is 5.97 Å². The number of esters is 1. The Morgan fingerprint density at radius 2 is 1.79 bits per heavy atom. The van der Waals surface area contributed by atoms with Gasteiger partial charge in [0.1, 0.15) is 0 Å². The van der Waals surface area contributed by atoms with Crippen LogP contribution < -0.4 is 10.6 Å². The van der Waals surface area contributed by atoms with Crippen molar-refractivity contribution in [3.8, 4) is 0 Å². The third-order valence-electron chi connectivity index (χ3n) is 3.85. The lowest BCUT2D eigenvalue weighted by atomic mass is 10.2. The van der Waals surface area contributed by atoms with Crippen molar-refractivity contribution in [3.63, 3.8) is 0 Å². The Morgan fingerprint density at radius 3 is 2.50 bits per heavy atom. The van der Waals surface area contributed by atoms with Crippen LogP contribution in [-0.4, -0.2) is 29.0 Å². The Hall–Kier alpha value is -3.45. The average Bonchev–Trinajstić information content (AvgIpc) is 2.73. The number of carbonyl (C=O) groups excluding carboxylic acids is 2. The number of ether oxygens (including phenoxy) is 1. The van der Waals surface area contributed by atoms with Crippen molar-refractivity contribution in [2.45, 2.75) is 6.54 Å². The minimum atomic E-state index is -0.478. The van der Waals surface area contributed by atoms with E-state index in [2.05, 4.69) is 25.3 Å². The van der Waals surface area contributed by atoms with E-state index in [1.165, 1.54) is 25.6 Å². The fraction of sp³-hybridized carbons (Fsp3) is 0.100. The summed E-state index contributed by atoms with van der Waals surface area (Å²) in [4.78, 5) is 32.2. The van der Waals surface area contributed by atoms with Crippen molar-refractivity contribution < 1.29 is 14.3 Å². The number of methoxy groups -OCH3 is 1. The molecule has 1 aromatic heterocycles. The van der Waals surface area contributed by atoms with Crippen molar-refractivity contribution in [1.82, 2.24) is 9.97 Å². The number of carbonyl (C=O) groups is 2. The first-order valence-corrected chi connectivity index (χ1v) is 8.73. The molecule has 0 fully saturated rings. The maximum Gasteiger partial charge on any atom is 0.337 e. The number of amides is 1. The molecule has 0 bridgehead atoms. The molecule has 0 radical (unpaired) electrons. The van der Waals surface area contributed by atoms with E-state index in [4.69, 9.17) is 11.6 Å². The summed E-state index contributed by atoms with van der Waals surface area (Å²) < 4.78 is 4.67. The molecular weight excluding hydrogens is 380 g/mol. The molecule has 3 rings (SSSR count). The van der Waals surface area contributed by atoms with E-state index in [0.29, 0.717) is 28.8 Å². The molecule has 8 heteroatoms. The number of nitrogens with zero attached hydrogens (tertiary/aromatic N) is 2. The van der Waals surface area contributed by atoms with Gasteiger partial charge in [0.05, 0.1) is 18.2 Å². The predicted molar refractivity (Wildman–Crippen MR) is 107 cm³/mol. The summed E-state index contributed by atoms with van der Waals surface area (Å²) in [5.41, 5.74) is 2.01. The average molecular weight is 397 g/mol. The van der Waals surface area contributed by atoms with Crippen molar-refractivity contribution >= 4 is 35.1 Å². The summed E-state index contributed by atoms with van der Waals surface area (Å²) in [6.45, 7) is 0.464. The second-order valence-electron chi connectivity index (χ2n) is 5.77. The van der Waals surface area contributed by atoms with Crippen LogP contribution in [0.15, 0.2) is 60.9 Å². The van der Waals surface area contributed by atoms with E-state index in [9.17, 15) is 9.59 Å². The number of benzene rings is 2. The molecule has 3 aromatic rings. The van der Waals surface area contributed by atoms with Gasteiger partial charge in [-0.1, -0.05) is 35.9 Å². The standard InChI is InChI=1S/C20H17ClN4O3/c1-28-19(27)13-6-4-7-16(9-13)25-18(26)15-11-23-20(24-12-15)22-10-14-5-2-3-8-17(14)21/h2-9,11-12H,10H2,1H3,(H,25,26)(H,22,23,24). The fourth-order valence-corrected chi connectivity index (χ4v) is 2.60. The smallest absolute Gasteiger partial charge is 0.337 e. The number of nitrogens with one attached hydrogen (secondary N) is 2. The highest BCUT2D eigenvalue weighted by Crippen LogP contribution is 2.16. The van der Waals surface area contributed by atoms with Gasteiger partial charge in [-0.3, -0.25) is 4.79 Å². The number of aromatic nitrogens is 2. The lowest BCUT2D eigenvalue weighted by molar-refractivity contribution is 0.0600. The topological polar surface area (TPSA) is 93.2 Å². The van der Waals surface area contributed by atoms with Gasteiger partial charge in [-0.05, 0) is 29.8 Å². The first-order chi connectivity index (χ1) is 13.6. The fourth-order valence-electron chi connectivity index (χ4n) is 2.40. The van der Waals surface area contributed by atoms with Crippen molar-refractivity contribution in [1.29, 1.82) is 0 Å². The molecule has 2 N–H and O–H groups in total. The summed E-state index contributed by atoms with van der Waals surface area (Å²) in [5, 5.41) is 6.40. The Labute approximate surface area is 166 Å². The molecule has 1 heterocycles. The van der Waals surface area contributed by atoms with E-state index in [0.717, 1.165) is 5.56 Å². The summed E-state index contributed by atoms with van der Waals surface area (Å²) in [5.74, 6) is -0.489. The minimum Gasteiger partial charge on any atom is -0.465 e.